The zero-order valence-corrected chi connectivity index (χ0v) is 19.8. The summed E-state index contributed by atoms with van der Waals surface area (Å²) < 4.78 is 16.6. The number of carbonyl (C=O) groups excluding carboxylic acids is 1. The summed E-state index contributed by atoms with van der Waals surface area (Å²) in [7, 11) is 0. The Kier molecular flexibility index (Phi) is 6.18. The highest BCUT2D eigenvalue weighted by molar-refractivity contribution is 5.94. The van der Waals surface area contributed by atoms with Crippen LogP contribution in [0.5, 0.6) is 0 Å². The molecule has 11 nitrogen and oxygen atoms in total. The third kappa shape index (κ3) is 4.48. The minimum atomic E-state index is -0.359. The van der Waals surface area contributed by atoms with Crippen LogP contribution < -0.4 is 10.6 Å². The van der Waals surface area contributed by atoms with Crippen molar-refractivity contribution in [2.24, 2.45) is 0 Å². The van der Waals surface area contributed by atoms with Gasteiger partial charge in [-0.05, 0) is 18.6 Å². The fourth-order valence-electron chi connectivity index (χ4n) is 4.72. The van der Waals surface area contributed by atoms with Crippen LogP contribution in [0.3, 0.4) is 0 Å². The van der Waals surface area contributed by atoms with Gasteiger partial charge >= 0.3 is 0 Å². The van der Waals surface area contributed by atoms with E-state index in [0.717, 1.165) is 35.7 Å². The molecule has 0 saturated carbocycles. The Balaban J connectivity index is 1.29. The fraction of sp³-hybridized carbons (Fsp3) is 0.400. The highest BCUT2D eigenvalue weighted by atomic mass is 16.7. The van der Waals surface area contributed by atoms with Crippen molar-refractivity contribution in [3.8, 4) is 11.4 Å². The number of nitrogen functional groups attached to an aromatic ring is 1. The molecule has 0 unspecified atom stereocenters. The number of hydrogen-bond acceptors (Lipinski definition) is 10. The molecule has 2 saturated heterocycles. The molecule has 186 valence electrons. The summed E-state index contributed by atoms with van der Waals surface area (Å²) in [6.45, 7) is 4.96. The number of benzene rings is 1. The largest absolute Gasteiger partial charge is 0.378 e. The maximum atomic E-state index is 13.4. The van der Waals surface area contributed by atoms with Crippen molar-refractivity contribution >= 4 is 17.7 Å². The number of aromatic nitrogens is 4. The molecule has 2 fully saturated rings. The summed E-state index contributed by atoms with van der Waals surface area (Å²) in [6.07, 6.45) is 3.56. The van der Waals surface area contributed by atoms with Crippen molar-refractivity contribution in [1.29, 1.82) is 0 Å². The first-order valence-corrected chi connectivity index (χ1v) is 12.1. The Labute approximate surface area is 208 Å². The van der Waals surface area contributed by atoms with Gasteiger partial charge in [-0.2, -0.15) is 0 Å². The van der Waals surface area contributed by atoms with Crippen LogP contribution in [-0.4, -0.2) is 76.8 Å². The van der Waals surface area contributed by atoms with Gasteiger partial charge in [-0.25, -0.2) is 19.9 Å². The number of fused-ring (bicyclic) bond motifs is 1. The van der Waals surface area contributed by atoms with E-state index in [-0.39, 0.29) is 18.1 Å². The van der Waals surface area contributed by atoms with Gasteiger partial charge in [-0.1, -0.05) is 12.1 Å². The predicted molar refractivity (Wildman–Crippen MR) is 130 cm³/mol. The van der Waals surface area contributed by atoms with Crippen LogP contribution >= 0.6 is 0 Å². The Hall–Kier alpha value is -3.67. The molecule has 2 N–H and O–H groups in total. The van der Waals surface area contributed by atoms with Gasteiger partial charge in [0.2, 0.25) is 5.95 Å². The van der Waals surface area contributed by atoms with Crippen molar-refractivity contribution in [1.82, 2.24) is 24.8 Å². The molecule has 36 heavy (non-hydrogen) atoms. The molecule has 0 bridgehead atoms. The van der Waals surface area contributed by atoms with Crippen molar-refractivity contribution in [2.75, 3.05) is 56.7 Å². The SMILES string of the molecule is Nc1ncc(-c2nc3c(c(N4CCOCC4)n2)CCN(C(=O)c2ccc(C4OCCO4)cc2)C3)cn1. The fourth-order valence-corrected chi connectivity index (χ4v) is 4.72. The Morgan fingerprint density at radius 1 is 0.944 bits per heavy atom. The third-order valence-corrected chi connectivity index (χ3v) is 6.62. The highest BCUT2D eigenvalue weighted by Gasteiger charge is 2.29. The van der Waals surface area contributed by atoms with Crippen LogP contribution in [0.2, 0.25) is 0 Å². The molecule has 0 atom stereocenters. The molecule has 0 aliphatic carbocycles. The first-order valence-electron chi connectivity index (χ1n) is 12.1. The van der Waals surface area contributed by atoms with Crippen molar-refractivity contribution in [3.05, 3.63) is 59.0 Å². The molecule has 1 aromatic carbocycles. The summed E-state index contributed by atoms with van der Waals surface area (Å²) in [6, 6.07) is 7.43. The van der Waals surface area contributed by atoms with E-state index >= 15 is 0 Å². The first-order chi connectivity index (χ1) is 17.7. The van der Waals surface area contributed by atoms with Crippen LogP contribution in [0.4, 0.5) is 11.8 Å². The molecule has 0 radical (unpaired) electrons. The van der Waals surface area contributed by atoms with Gasteiger partial charge in [0, 0.05) is 48.7 Å². The second kappa shape index (κ2) is 9.76. The average molecular weight is 490 g/mol. The predicted octanol–water partition coefficient (Wildman–Crippen LogP) is 1.60. The molecule has 5 heterocycles. The highest BCUT2D eigenvalue weighted by Crippen LogP contribution is 2.31. The molecular formula is C25H27N7O4. The zero-order valence-electron chi connectivity index (χ0n) is 19.8. The number of morpholine rings is 1. The van der Waals surface area contributed by atoms with E-state index in [4.69, 9.17) is 29.9 Å². The Morgan fingerprint density at radius 3 is 2.39 bits per heavy atom. The lowest BCUT2D eigenvalue weighted by Gasteiger charge is -2.34. The standard InChI is InChI=1S/C25H27N7O4/c26-25-27-13-18(14-28-25)21-29-20-15-32(6-5-19(20)22(30-21)31-7-9-34-10-8-31)23(33)16-1-3-17(4-2-16)24-35-11-12-36-24/h1-4,13-14,24H,5-12,15H2,(H2,26,27,28). The smallest absolute Gasteiger partial charge is 0.254 e. The van der Waals surface area contributed by atoms with Crippen LogP contribution in [0.25, 0.3) is 11.4 Å². The van der Waals surface area contributed by atoms with Crippen LogP contribution in [0.15, 0.2) is 36.7 Å². The number of anilines is 2. The molecule has 1 amide bonds. The van der Waals surface area contributed by atoms with Gasteiger partial charge in [0.15, 0.2) is 12.1 Å². The quantitative estimate of drug-likeness (QED) is 0.577. The van der Waals surface area contributed by atoms with Gasteiger partial charge in [0.1, 0.15) is 5.82 Å². The van der Waals surface area contributed by atoms with E-state index in [1.807, 2.05) is 29.2 Å². The Morgan fingerprint density at radius 2 is 1.67 bits per heavy atom. The molecule has 2 aromatic heterocycles. The summed E-state index contributed by atoms with van der Waals surface area (Å²) in [5.41, 5.74) is 9.79. The number of carbonyl (C=O) groups is 1. The van der Waals surface area contributed by atoms with Crippen molar-refractivity contribution < 1.29 is 19.0 Å². The topological polar surface area (TPSA) is 129 Å². The summed E-state index contributed by atoms with van der Waals surface area (Å²) >= 11 is 0. The lowest BCUT2D eigenvalue weighted by molar-refractivity contribution is -0.0441. The van der Waals surface area contributed by atoms with E-state index in [2.05, 4.69) is 14.9 Å². The average Bonchev–Trinajstić information content (AvgIpc) is 3.48. The monoisotopic (exact) mass is 489 g/mol. The summed E-state index contributed by atoms with van der Waals surface area (Å²) in [5, 5.41) is 0. The number of nitrogens with zero attached hydrogens (tertiary/aromatic N) is 6. The minimum absolute atomic E-state index is 0.0376. The second-order valence-corrected chi connectivity index (χ2v) is 8.90. The van der Waals surface area contributed by atoms with Crippen LogP contribution in [0.1, 0.15) is 33.5 Å². The van der Waals surface area contributed by atoms with Crippen molar-refractivity contribution in [2.45, 2.75) is 19.3 Å². The van der Waals surface area contributed by atoms with E-state index in [1.54, 1.807) is 12.4 Å². The van der Waals surface area contributed by atoms with Gasteiger partial charge in [0.05, 0.1) is 44.2 Å². The number of nitrogens with two attached hydrogens (primary N) is 1. The van der Waals surface area contributed by atoms with E-state index < -0.39 is 0 Å². The lowest BCUT2D eigenvalue weighted by Crippen LogP contribution is -2.41. The summed E-state index contributed by atoms with van der Waals surface area (Å²) in [4.78, 5) is 35.4. The molecule has 3 aromatic rings. The van der Waals surface area contributed by atoms with E-state index in [0.29, 0.717) is 62.9 Å². The number of rotatable bonds is 4. The van der Waals surface area contributed by atoms with Gasteiger partial charge in [-0.15, -0.1) is 0 Å². The van der Waals surface area contributed by atoms with Crippen LogP contribution in [0, 0.1) is 0 Å². The van der Waals surface area contributed by atoms with E-state index in [9.17, 15) is 4.79 Å². The minimum Gasteiger partial charge on any atom is -0.378 e. The van der Waals surface area contributed by atoms with Crippen molar-refractivity contribution in [3.63, 3.8) is 0 Å². The van der Waals surface area contributed by atoms with E-state index in [1.165, 1.54) is 0 Å². The molecule has 3 aliphatic rings. The third-order valence-electron chi connectivity index (χ3n) is 6.62. The molecule has 0 spiro atoms. The normalized spacial score (nSPS) is 18.3. The van der Waals surface area contributed by atoms with Gasteiger partial charge < -0.3 is 29.7 Å². The maximum Gasteiger partial charge on any atom is 0.254 e. The molecular weight excluding hydrogens is 462 g/mol. The number of amides is 1. The van der Waals surface area contributed by atoms with Crippen LogP contribution in [-0.2, 0) is 27.2 Å². The lowest BCUT2D eigenvalue weighted by atomic mass is 10.0. The first kappa shape index (κ1) is 22.8. The van der Waals surface area contributed by atoms with Gasteiger partial charge in [0.25, 0.3) is 5.91 Å². The number of hydrogen-bond donors (Lipinski definition) is 1. The summed E-state index contributed by atoms with van der Waals surface area (Å²) in [5.74, 6) is 1.57. The second-order valence-electron chi connectivity index (χ2n) is 8.90. The Bertz CT molecular complexity index is 1240. The molecule has 11 heteroatoms. The number of ether oxygens (including phenoxy) is 3. The molecule has 6 rings (SSSR count). The zero-order chi connectivity index (χ0) is 24.5. The maximum absolute atomic E-state index is 13.4. The molecule has 3 aliphatic heterocycles. The van der Waals surface area contributed by atoms with Gasteiger partial charge in [-0.3, -0.25) is 4.79 Å².